The third-order valence-corrected chi connectivity index (χ3v) is 3.57. The summed E-state index contributed by atoms with van der Waals surface area (Å²) in [7, 11) is 0. The van der Waals surface area contributed by atoms with Crippen LogP contribution in [0.2, 0.25) is 0 Å². The van der Waals surface area contributed by atoms with Crippen molar-refractivity contribution in [3.63, 3.8) is 0 Å². The number of aromatic amines is 1. The van der Waals surface area contributed by atoms with E-state index in [0.29, 0.717) is 10.3 Å². The highest BCUT2D eigenvalue weighted by molar-refractivity contribution is 7.71. The maximum atomic E-state index is 9.12. The zero-order valence-corrected chi connectivity index (χ0v) is 11.8. The highest BCUT2D eigenvalue weighted by Gasteiger charge is 2.08. The van der Waals surface area contributed by atoms with Crippen LogP contribution in [0.4, 0.5) is 0 Å². The molecule has 5 nitrogen and oxygen atoms in total. The highest BCUT2D eigenvalue weighted by Crippen LogP contribution is 2.18. The fourth-order valence-corrected chi connectivity index (χ4v) is 2.58. The lowest BCUT2D eigenvalue weighted by atomic mass is 10.2. The smallest absolute Gasteiger partial charge is 0.178 e. The Kier molecular flexibility index (Phi) is 3.12. The van der Waals surface area contributed by atoms with E-state index in [0.717, 1.165) is 29.7 Å². The summed E-state index contributed by atoms with van der Waals surface area (Å²) in [5.74, 6) is 0. The van der Waals surface area contributed by atoms with Crippen molar-refractivity contribution < 1.29 is 0 Å². The van der Waals surface area contributed by atoms with Gasteiger partial charge < -0.3 is 9.55 Å². The van der Waals surface area contributed by atoms with Crippen LogP contribution in [-0.4, -0.2) is 19.3 Å². The summed E-state index contributed by atoms with van der Waals surface area (Å²) in [5, 5.41) is 13.4. The molecule has 0 atom stereocenters. The van der Waals surface area contributed by atoms with Gasteiger partial charge in [0.1, 0.15) is 6.07 Å². The topological polar surface area (TPSA) is 62.3 Å². The number of benzene rings is 1. The number of aromatic nitrogens is 4. The molecule has 0 aliphatic carbocycles. The molecule has 0 radical (unpaired) electrons. The molecule has 0 aliphatic heterocycles. The Morgan fingerprint density at radius 1 is 1.40 bits per heavy atom. The lowest BCUT2D eigenvalue weighted by Crippen LogP contribution is -2.07. The molecular formula is C14H13N5S. The van der Waals surface area contributed by atoms with E-state index in [1.165, 1.54) is 0 Å². The number of para-hydroxylation sites is 1. The van der Waals surface area contributed by atoms with Crippen LogP contribution in [0.25, 0.3) is 11.0 Å². The molecule has 0 spiro atoms. The molecule has 0 saturated heterocycles. The molecule has 0 bridgehead atoms. The van der Waals surface area contributed by atoms with Crippen LogP contribution in [0.3, 0.4) is 0 Å². The van der Waals surface area contributed by atoms with Gasteiger partial charge in [-0.25, -0.2) is 0 Å². The number of hydrogen-bond donors (Lipinski definition) is 1. The number of fused-ring (bicyclic) bond motifs is 1. The quantitative estimate of drug-likeness (QED) is 0.752. The number of imidazole rings is 1. The van der Waals surface area contributed by atoms with Crippen molar-refractivity contribution in [1.29, 1.82) is 5.26 Å². The van der Waals surface area contributed by atoms with Crippen LogP contribution >= 0.6 is 12.2 Å². The molecule has 0 saturated carbocycles. The van der Waals surface area contributed by atoms with Gasteiger partial charge in [-0.1, -0.05) is 6.07 Å². The van der Waals surface area contributed by atoms with Crippen LogP contribution in [0, 0.1) is 23.0 Å². The highest BCUT2D eigenvalue weighted by atomic mass is 32.1. The van der Waals surface area contributed by atoms with E-state index in [9.17, 15) is 0 Å². The van der Waals surface area contributed by atoms with E-state index >= 15 is 0 Å². The molecule has 0 aliphatic rings. The summed E-state index contributed by atoms with van der Waals surface area (Å²) in [6.07, 6.45) is 3.83. The predicted octanol–water partition coefficient (Wildman–Crippen LogP) is 2.78. The Morgan fingerprint density at radius 3 is 2.95 bits per heavy atom. The predicted molar refractivity (Wildman–Crippen MR) is 78.8 cm³/mol. The Hall–Kier alpha value is -2.39. The van der Waals surface area contributed by atoms with Gasteiger partial charge >= 0.3 is 0 Å². The van der Waals surface area contributed by atoms with Crippen molar-refractivity contribution in [3.05, 3.63) is 46.5 Å². The second-order valence-corrected chi connectivity index (χ2v) is 5.06. The van der Waals surface area contributed by atoms with Gasteiger partial charge in [0.05, 0.1) is 29.3 Å². The monoisotopic (exact) mass is 283 g/mol. The molecule has 100 valence electrons. The van der Waals surface area contributed by atoms with Gasteiger partial charge in [0.2, 0.25) is 0 Å². The Labute approximate surface area is 121 Å². The van der Waals surface area contributed by atoms with E-state index in [1.54, 1.807) is 6.07 Å². The fourth-order valence-electron chi connectivity index (χ4n) is 2.29. The summed E-state index contributed by atoms with van der Waals surface area (Å²) in [6.45, 7) is 3.47. The second kappa shape index (κ2) is 4.94. The maximum Gasteiger partial charge on any atom is 0.178 e. The molecule has 0 amide bonds. The lowest BCUT2D eigenvalue weighted by molar-refractivity contribution is 0.537. The molecule has 20 heavy (non-hydrogen) atoms. The summed E-state index contributed by atoms with van der Waals surface area (Å²) >= 11 is 5.35. The molecule has 1 N–H and O–H groups in total. The number of H-pyrrole nitrogens is 1. The largest absolute Gasteiger partial charge is 0.329 e. The zero-order valence-electron chi connectivity index (χ0n) is 11.0. The number of hydrogen-bond acceptors (Lipinski definition) is 3. The summed E-state index contributed by atoms with van der Waals surface area (Å²) in [5.41, 5.74) is 3.51. The Bertz CT molecular complexity index is 862. The van der Waals surface area contributed by atoms with Gasteiger partial charge in [-0.2, -0.15) is 10.4 Å². The number of nitrogens with zero attached hydrogens (tertiary/aromatic N) is 4. The van der Waals surface area contributed by atoms with Gasteiger partial charge in [-0.15, -0.1) is 0 Å². The third kappa shape index (κ3) is 2.12. The fraction of sp³-hybridized carbons (Fsp3) is 0.214. The first-order valence-corrected chi connectivity index (χ1v) is 6.70. The SMILES string of the molecule is Cc1cnn(CCn2c(=S)[nH]c3c(C#N)cccc32)c1. The van der Waals surface area contributed by atoms with E-state index in [2.05, 4.69) is 16.2 Å². The first kappa shape index (κ1) is 12.6. The van der Waals surface area contributed by atoms with E-state index in [4.69, 9.17) is 17.5 Å². The summed E-state index contributed by atoms with van der Waals surface area (Å²) < 4.78 is 4.53. The number of nitrogens with one attached hydrogen (secondary N) is 1. The molecule has 6 heteroatoms. The van der Waals surface area contributed by atoms with Crippen LogP contribution in [0.15, 0.2) is 30.6 Å². The van der Waals surface area contributed by atoms with Crippen LogP contribution < -0.4 is 0 Å². The third-order valence-electron chi connectivity index (χ3n) is 3.25. The Morgan fingerprint density at radius 2 is 2.25 bits per heavy atom. The summed E-state index contributed by atoms with van der Waals surface area (Å²) in [6, 6.07) is 7.81. The second-order valence-electron chi connectivity index (χ2n) is 4.67. The minimum absolute atomic E-state index is 0.613. The molecule has 2 aromatic heterocycles. The van der Waals surface area contributed by atoms with Gasteiger partial charge in [-0.05, 0) is 36.8 Å². The summed E-state index contributed by atoms with van der Waals surface area (Å²) in [4.78, 5) is 3.11. The molecule has 3 aromatic rings. The number of aryl methyl sites for hydroxylation is 3. The van der Waals surface area contributed by atoms with E-state index < -0.39 is 0 Å². The van der Waals surface area contributed by atoms with Crippen molar-refractivity contribution in [3.8, 4) is 6.07 Å². The van der Waals surface area contributed by atoms with Gasteiger partial charge in [0.15, 0.2) is 4.77 Å². The molecule has 1 aromatic carbocycles. The lowest BCUT2D eigenvalue weighted by Gasteiger charge is -2.05. The average molecular weight is 283 g/mol. The van der Waals surface area contributed by atoms with E-state index in [1.807, 2.05) is 40.7 Å². The molecule has 0 unspecified atom stereocenters. The van der Waals surface area contributed by atoms with Crippen LogP contribution in [-0.2, 0) is 13.1 Å². The van der Waals surface area contributed by atoms with Gasteiger partial charge in [0, 0.05) is 12.7 Å². The van der Waals surface area contributed by atoms with Crippen LogP contribution in [0.5, 0.6) is 0 Å². The van der Waals surface area contributed by atoms with Crippen molar-refractivity contribution in [1.82, 2.24) is 19.3 Å². The van der Waals surface area contributed by atoms with Crippen molar-refractivity contribution in [2.24, 2.45) is 0 Å². The van der Waals surface area contributed by atoms with E-state index in [-0.39, 0.29) is 0 Å². The molecule has 2 heterocycles. The van der Waals surface area contributed by atoms with Crippen molar-refractivity contribution in [2.45, 2.75) is 20.0 Å². The number of rotatable bonds is 3. The molecule has 0 fully saturated rings. The molecule has 3 rings (SSSR count). The van der Waals surface area contributed by atoms with Gasteiger partial charge in [0.25, 0.3) is 0 Å². The Balaban J connectivity index is 1.98. The standard InChI is InChI=1S/C14H13N5S/c1-10-8-16-18(9-10)5-6-19-12-4-2-3-11(7-15)13(12)17-14(19)20/h2-4,8-9H,5-6H2,1H3,(H,17,20). The van der Waals surface area contributed by atoms with Crippen LogP contribution in [0.1, 0.15) is 11.1 Å². The zero-order chi connectivity index (χ0) is 14.1. The minimum atomic E-state index is 0.613. The maximum absolute atomic E-state index is 9.12. The first-order valence-electron chi connectivity index (χ1n) is 6.30. The average Bonchev–Trinajstić information content (AvgIpc) is 2.99. The number of nitriles is 1. The first-order chi connectivity index (χ1) is 9.69. The van der Waals surface area contributed by atoms with Crippen molar-refractivity contribution >= 4 is 23.3 Å². The van der Waals surface area contributed by atoms with Gasteiger partial charge in [-0.3, -0.25) is 4.68 Å². The normalized spacial score (nSPS) is 10.8. The van der Waals surface area contributed by atoms with Crippen molar-refractivity contribution in [2.75, 3.05) is 0 Å². The molecular weight excluding hydrogens is 270 g/mol. The minimum Gasteiger partial charge on any atom is -0.329 e.